The molecule has 0 amide bonds. The molecular weight excluding hydrogens is 332 g/mol. The lowest BCUT2D eigenvalue weighted by molar-refractivity contribution is -0.143. The second-order valence-electron chi connectivity index (χ2n) is 3.36. The number of esters is 2. The van der Waals surface area contributed by atoms with Gasteiger partial charge in [0.05, 0.1) is 20.4 Å². The van der Waals surface area contributed by atoms with Crippen LogP contribution < -0.4 is 0 Å². The lowest BCUT2D eigenvalue weighted by Crippen LogP contribution is -2.39. The predicted octanol–water partition coefficient (Wildman–Crippen LogP) is 0.133. The van der Waals surface area contributed by atoms with E-state index in [0.717, 1.165) is 20.4 Å². The molecule has 0 radical (unpaired) electrons. The van der Waals surface area contributed by atoms with Gasteiger partial charge in [0, 0.05) is 0 Å². The Morgan fingerprint density at radius 2 is 1.80 bits per heavy atom. The number of hydrogen-bond donors (Lipinski definition) is 0. The summed E-state index contributed by atoms with van der Waals surface area (Å²) >= 11 is 6.29. The molecule has 0 spiro atoms. The molecule has 0 aliphatic rings. The van der Waals surface area contributed by atoms with Gasteiger partial charge in [-0.3, -0.25) is 9.59 Å². The number of methoxy groups -OCH3 is 2. The number of halogens is 1. The fraction of sp³-hybridized carbons (Fsp3) is 0.444. The number of aromatic nitrogens is 1. The third-order valence-electron chi connectivity index (χ3n) is 2.12. The highest BCUT2D eigenvalue weighted by Crippen LogP contribution is 2.25. The number of nitrogens with zero attached hydrogens (tertiary/aromatic N) is 2. The normalized spacial score (nSPS) is 11.4. The minimum atomic E-state index is -4.09. The van der Waals surface area contributed by atoms with E-state index in [1.807, 2.05) is 0 Å². The zero-order valence-corrected chi connectivity index (χ0v) is 12.9. The van der Waals surface area contributed by atoms with Crippen LogP contribution in [0.25, 0.3) is 0 Å². The number of rotatable bonds is 6. The van der Waals surface area contributed by atoms with E-state index < -0.39 is 35.1 Å². The Bertz CT molecular complexity index is 581. The number of thiazole rings is 1. The number of carbonyl (C=O) groups is 2. The van der Waals surface area contributed by atoms with Crippen molar-refractivity contribution in [1.29, 1.82) is 0 Å². The summed E-state index contributed by atoms with van der Waals surface area (Å²) in [5.41, 5.74) is 0. The number of ether oxygens (including phenoxy) is 2. The van der Waals surface area contributed by atoms with E-state index in [4.69, 9.17) is 11.6 Å². The topological polar surface area (TPSA) is 103 Å². The predicted molar refractivity (Wildman–Crippen MR) is 69.9 cm³/mol. The van der Waals surface area contributed by atoms with Crippen molar-refractivity contribution in [2.45, 2.75) is 4.21 Å². The molecular formula is C9H11ClN2O6S2. The Kier molecular flexibility index (Phi) is 5.87. The summed E-state index contributed by atoms with van der Waals surface area (Å²) < 4.78 is 33.8. The van der Waals surface area contributed by atoms with Crippen LogP contribution in [-0.4, -0.2) is 57.0 Å². The van der Waals surface area contributed by atoms with Gasteiger partial charge in [0.2, 0.25) is 0 Å². The van der Waals surface area contributed by atoms with Gasteiger partial charge in [-0.1, -0.05) is 22.9 Å². The van der Waals surface area contributed by atoms with E-state index in [1.165, 1.54) is 0 Å². The van der Waals surface area contributed by atoms with Gasteiger partial charge >= 0.3 is 11.9 Å². The third kappa shape index (κ3) is 4.13. The SMILES string of the molecule is COC(=O)CN(CC(=O)OC)S(=O)(=O)c1cnc(Cl)s1. The fourth-order valence-electron chi connectivity index (χ4n) is 1.13. The molecule has 0 fully saturated rings. The van der Waals surface area contributed by atoms with Crippen molar-refractivity contribution in [2.75, 3.05) is 27.3 Å². The zero-order valence-electron chi connectivity index (χ0n) is 10.5. The van der Waals surface area contributed by atoms with Crippen LogP contribution in [-0.2, 0) is 29.1 Å². The number of sulfonamides is 1. The van der Waals surface area contributed by atoms with E-state index in [-0.39, 0.29) is 8.68 Å². The Morgan fingerprint density at radius 1 is 1.30 bits per heavy atom. The molecule has 112 valence electrons. The van der Waals surface area contributed by atoms with Gasteiger partial charge in [-0.25, -0.2) is 13.4 Å². The lowest BCUT2D eigenvalue weighted by atomic mass is 10.6. The Labute approximate surface area is 124 Å². The second kappa shape index (κ2) is 6.97. The second-order valence-corrected chi connectivity index (χ2v) is 7.14. The molecule has 0 N–H and O–H groups in total. The van der Waals surface area contributed by atoms with Crippen LogP contribution in [0.4, 0.5) is 0 Å². The van der Waals surface area contributed by atoms with Crippen LogP contribution in [0.2, 0.25) is 4.47 Å². The van der Waals surface area contributed by atoms with E-state index in [9.17, 15) is 18.0 Å². The summed E-state index contributed by atoms with van der Waals surface area (Å²) in [7, 11) is -1.88. The van der Waals surface area contributed by atoms with Crippen LogP contribution in [0.1, 0.15) is 0 Å². The average molecular weight is 343 g/mol. The van der Waals surface area contributed by atoms with Crippen molar-refractivity contribution >= 4 is 44.9 Å². The summed E-state index contributed by atoms with van der Waals surface area (Å²) in [5, 5.41) is 0. The highest BCUT2D eigenvalue weighted by molar-refractivity contribution is 7.91. The van der Waals surface area contributed by atoms with E-state index >= 15 is 0 Å². The molecule has 0 aliphatic heterocycles. The summed E-state index contributed by atoms with van der Waals surface area (Å²) in [6.45, 7) is -1.24. The van der Waals surface area contributed by atoms with E-state index in [2.05, 4.69) is 14.5 Å². The monoisotopic (exact) mass is 342 g/mol. The van der Waals surface area contributed by atoms with Crippen molar-refractivity contribution in [3.63, 3.8) is 0 Å². The van der Waals surface area contributed by atoms with Crippen molar-refractivity contribution < 1.29 is 27.5 Å². The van der Waals surface area contributed by atoms with Crippen LogP contribution in [0.3, 0.4) is 0 Å². The first kappa shape index (κ1) is 16.8. The van der Waals surface area contributed by atoms with Crippen molar-refractivity contribution in [3.05, 3.63) is 10.7 Å². The molecule has 0 aliphatic carbocycles. The minimum Gasteiger partial charge on any atom is -0.468 e. The lowest BCUT2D eigenvalue weighted by Gasteiger charge is -2.18. The molecule has 11 heteroatoms. The molecule has 0 aromatic carbocycles. The van der Waals surface area contributed by atoms with Gasteiger partial charge in [0.1, 0.15) is 13.1 Å². The average Bonchev–Trinajstić information content (AvgIpc) is 2.84. The fourth-order valence-corrected chi connectivity index (χ4v) is 3.91. The highest BCUT2D eigenvalue weighted by atomic mass is 35.5. The van der Waals surface area contributed by atoms with E-state index in [1.54, 1.807) is 0 Å². The van der Waals surface area contributed by atoms with Gasteiger partial charge in [-0.2, -0.15) is 4.31 Å². The van der Waals surface area contributed by atoms with Crippen molar-refractivity contribution in [3.8, 4) is 0 Å². The molecule has 1 rings (SSSR count). The molecule has 1 aromatic heterocycles. The zero-order chi connectivity index (χ0) is 15.3. The van der Waals surface area contributed by atoms with Crippen molar-refractivity contribution in [2.24, 2.45) is 0 Å². The third-order valence-corrected chi connectivity index (χ3v) is 5.46. The summed E-state index contributed by atoms with van der Waals surface area (Å²) in [6, 6.07) is 0. The highest BCUT2D eigenvalue weighted by Gasteiger charge is 2.31. The van der Waals surface area contributed by atoms with Crippen molar-refractivity contribution in [1.82, 2.24) is 9.29 Å². The number of hydrogen-bond acceptors (Lipinski definition) is 8. The van der Waals surface area contributed by atoms with E-state index in [0.29, 0.717) is 15.6 Å². The van der Waals surface area contributed by atoms with Gasteiger partial charge in [-0.15, -0.1) is 0 Å². The maximum atomic E-state index is 12.3. The van der Waals surface area contributed by atoms with Crippen LogP contribution >= 0.6 is 22.9 Å². The summed E-state index contributed by atoms with van der Waals surface area (Å²) in [4.78, 5) is 26.1. The Hall–Kier alpha value is -1.23. The van der Waals surface area contributed by atoms with Gasteiger partial charge in [0.25, 0.3) is 10.0 Å². The van der Waals surface area contributed by atoms with Gasteiger partial charge < -0.3 is 9.47 Å². The standard InChI is InChI=1S/C9H11ClN2O6S2/c1-17-6(13)4-12(5-7(14)18-2)20(15,16)8-3-11-9(10)19-8/h3H,4-5H2,1-2H3. The Balaban J connectivity index is 3.07. The van der Waals surface area contributed by atoms with Gasteiger partial charge in [-0.05, 0) is 0 Å². The quantitative estimate of drug-likeness (QED) is 0.677. The van der Waals surface area contributed by atoms with Crippen LogP contribution in [0.5, 0.6) is 0 Å². The first-order valence-corrected chi connectivity index (χ1v) is 7.69. The smallest absolute Gasteiger partial charge is 0.321 e. The first-order chi connectivity index (χ1) is 9.31. The van der Waals surface area contributed by atoms with Crippen LogP contribution in [0.15, 0.2) is 10.4 Å². The molecule has 0 unspecified atom stereocenters. The summed E-state index contributed by atoms with van der Waals surface area (Å²) in [5.74, 6) is -1.62. The first-order valence-electron chi connectivity index (χ1n) is 5.06. The maximum absolute atomic E-state index is 12.3. The Morgan fingerprint density at radius 3 is 2.15 bits per heavy atom. The number of carbonyl (C=O) groups excluding carboxylic acids is 2. The molecule has 1 heterocycles. The molecule has 8 nitrogen and oxygen atoms in total. The maximum Gasteiger partial charge on any atom is 0.321 e. The molecule has 1 aromatic rings. The molecule has 20 heavy (non-hydrogen) atoms. The minimum absolute atomic E-state index is 0.0275. The molecule has 0 atom stereocenters. The van der Waals surface area contributed by atoms with Crippen LogP contribution in [0, 0.1) is 0 Å². The molecule has 0 saturated heterocycles. The molecule has 0 bridgehead atoms. The summed E-state index contributed by atoms with van der Waals surface area (Å²) in [6.07, 6.45) is 1.05. The largest absolute Gasteiger partial charge is 0.468 e. The molecule has 0 saturated carbocycles. The van der Waals surface area contributed by atoms with Gasteiger partial charge in [0.15, 0.2) is 8.68 Å².